The van der Waals surface area contributed by atoms with Crippen molar-refractivity contribution in [3.8, 4) is 0 Å². The molecule has 16 nitrogen and oxygen atoms in total. The summed E-state index contributed by atoms with van der Waals surface area (Å²) in [6.45, 7) is 15.5. The van der Waals surface area contributed by atoms with Gasteiger partial charge in [-0.25, -0.2) is 0 Å². The molecule has 4 heterocycles. The van der Waals surface area contributed by atoms with E-state index in [1.807, 2.05) is 0 Å². The lowest BCUT2D eigenvalue weighted by molar-refractivity contribution is -0.142. The van der Waals surface area contributed by atoms with Crippen molar-refractivity contribution in [3.05, 3.63) is 0 Å². The first-order valence-electron chi connectivity index (χ1n) is 32.5. The van der Waals surface area contributed by atoms with Crippen LogP contribution in [0.4, 0.5) is 0 Å². The molecule has 0 saturated carbocycles. The van der Waals surface area contributed by atoms with E-state index in [-0.39, 0.29) is 49.3 Å². The van der Waals surface area contributed by atoms with E-state index in [0.717, 1.165) is 77.5 Å². The fraction of sp³-hybridized carbons (Fsp3) is 0.875. The highest BCUT2D eigenvalue weighted by Gasteiger charge is 2.37. The summed E-state index contributed by atoms with van der Waals surface area (Å²) in [5, 5.41) is 35.6. The van der Waals surface area contributed by atoms with Gasteiger partial charge in [-0.1, -0.05) is 227 Å². The first-order chi connectivity index (χ1) is 38.5. The Balaban J connectivity index is 0.000000545. The van der Waals surface area contributed by atoms with Crippen molar-refractivity contribution >= 4 is 47.5 Å². The zero-order chi connectivity index (χ0) is 59.3. The molecule has 16 heteroatoms. The predicted octanol–water partition coefficient (Wildman–Crippen LogP) is 13.7. The molecule has 4 rings (SSSR count). The molecule has 4 aliphatic rings. The first kappa shape index (κ1) is 73.8. The molecular formula is C64H116N4O12. The molecule has 5 unspecified atom stereocenters. The van der Waals surface area contributed by atoms with Crippen molar-refractivity contribution in [3.63, 3.8) is 0 Å². The van der Waals surface area contributed by atoms with E-state index in [9.17, 15) is 38.4 Å². The molecular weight excluding hydrogens is 1020 g/mol. The maximum absolute atomic E-state index is 11.7. The molecule has 80 heavy (non-hydrogen) atoms. The standard InChI is InChI=1S/C23H43NO3.C16H29NO3.C13H23NO3.C12H21NO3/c1-2-3-4-5-6-7-8-9-10-11-12-13-14-15-16-17-18-24-20-21(23(26)27)19-22(24)25;1-2-3-4-5-6-7-8-9-10-11-17-13-14(16(19)20)12-15(17)18;1-3-5-6-10(4-2)8-14-9-11(13(16)17)7-12(14)15;1-2-3-4-5-6-7-13-9-10(12(15)16)8-11(13)14/h21H,2-20H2,1H3,(H,26,27);14H,2-13H2,1H3,(H,19,20);10-11H,3-9H2,1-2H3,(H,16,17);10H,2-9H2,1H3,(H,15,16). The van der Waals surface area contributed by atoms with E-state index in [1.165, 1.54) is 167 Å². The minimum atomic E-state index is -0.846. The van der Waals surface area contributed by atoms with Gasteiger partial charge in [0.25, 0.3) is 0 Å². The van der Waals surface area contributed by atoms with Gasteiger partial charge >= 0.3 is 23.9 Å². The average Bonchev–Trinajstić information content (AvgIpc) is 4.22. The van der Waals surface area contributed by atoms with Crippen molar-refractivity contribution in [2.45, 2.75) is 279 Å². The summed E-state index contributed by atoms with van der Waals surface area (Å²) in [5.74, 6) is -4.76. The van der Waals surface area contributed by atoms with Crippen molar-refractivity contribution < 1.29 is 58.8 Å². The number of aliphatic carboxylic acids is 4. The number of hydrogen-bond acceptors (Lipinski definition) is 8. The Morgan fingerprint density at radius 1 is 0.338 bits per heavy atom. The zero-order valence-corrected chi connectivity index (χ0v) is 51.3. The van der Waals surface area contributed by atoms with Crippen molar-refractivity contribution in [2.24, 2.45) is 29.6 Å². The summed E-state index contributed by atoms with van der Waals surface area (Å²) in [7, 11) is 0. The monoisotopic (exact) mass is 1130 g/mol. The maximum atomic E-state index is 11.7. The van der Waals surface area contributed by atoms with E-state index in [4.69, 9.17) is 20.4 Å². The number of carboxylic acid groups (broad SMARTS) is 4. The molecule has 4 N–H and O–H groups in total. The van der Waals surface area contributed by atoms with Gasteiger partial charge in [-0.15, -0.1) is 0 Å². The lowest BCUT2D eigenvalue weighted by atomic mass is 9.99. The van der Waals surface area contributed by atoms with E-state index < -0.39 is 47.5 Å². The highest BCUT2D eigenvalue weighted by Crippen LogP contribution is 2.24. The van der Waals surface area contributed by atoms with E-state index in [2.05, 4.69) is 34.6 Å². The molecule has 5 atom stereocenters. The molecule has 4 fully saturated rings. The van der Waals surface area contributed by atoms with Crippen LogP contribution in [0.1, 0.15) is 279 Å². The second-order valence-electron chi connectivity index (χ2n) is 23.7. The molecule has 0 aromatic heterocycles. The SMILES string of the molecule is CCCCC(CC)CN1CC(C(=O)O)CC1=O.CCCCCCCCCCCCCCCCCCN1CC(C(=O)O)CC1=O.CCCCCCCCCCCN1CC(C(=O)O)CC1=O.CCCCCCCN1CC(C(=O)O)CC1=O. The molecule has 4 amide bonds. The Hall–Kier alpha value is -4.24. The third-order valence-electron chi connectivity index (χ3n) is 16.6. The summed E-state index contributed by atoms with van der Waals surface area (Å²) >= 11 is 0. The molecule has 464 valence electrons. The topological polar surface area (TPSA) is 230 Å². The molecule has 4 aliphatic heterocycles. The Bertz CT molecular complexity index is 1710. The quantitative estimate of drug-likeness (QED) is 0.0418. The van der Waals surface area contributed by atoms with Crippen molar-refractivity contribution in [1.29, 1.82) is 0 Å². The van der Waals surface area contributed by atoms with Crippen LogP contribution in [0.5, 0.6) is 0 Å². The Kier molecular flexibility index (Phi) is 43.6. The number of likely N-dealkylation sites (tertiary alicyclic amines) is 4. The van der Waals surface area contributed by atoms with Crippen LogP contribution in [-0.2, 0) is 38.4 Å². The van der Waals surface area contributed by atoms with Crippen molar-refractivity contribution in [2.75, 3.05) is 52.4 Å². The Morgan fingerprint density at radius 3 is 0.762 bits per heavy atom. The largest absolute Gasteiger partial charge is 0.481 e. The van der Waals surface area contributed by atoms with Gasteiger partial charge in [0.2, 0.25) is 23.6 Å². The molecule has 0 spiro atoms. The number of carbonyl (C=O) groups is 8. The number of hydrogen-bond donors (Lipinski definition) is 4. The van der Waals surface area contributed by atoms with Crippen LogP contribution in [0.2, 0.25) is 0 Å². The van der Waals surface area contributed by atoms with Gasteiger partial charge in [0.05, 0.1) is 23.7 Å². The molecule has 0 aromatic carbocycles. The van der Waals surface area contributed by atoms with Crippen LogP contribution < -0.4 is 0 Å². The van der Waals surface area contributed by atoms with Crippen LogP contribution in [0, 0.1) is 29.6 Å². The average molecular weight is 1130 g/mol. The summed E-state index contributed by atoms with van der Waals surface area (Å²) < 4.78 is 0. The normalized spacial score (nSPS) is 19.2. The Morgan fingerprint density at radius 2 is 0.550 bits per heavy atom. The van der Waals surface area contributed by atoms with E-state index >= 15 is 0 Å². The molecule has 0 radical (unpaired) electrons. The summed E-state index contributed by atoms with van der Waals surface area (Å²) in [6, 6.07) is 0. The van der Waals surface area contributed by atoms with Gasteiger partial charge in [-0.05, 0) is 31.6 Å². The fourth-order valence-corrected chi connectivity index (χ4v) is 11.2. The molecule has 0 aromatic rings. The smallest absolute Gasteiger partial charge is 0.308 e. The number of nitrogens with zero attached hydrogens (tertiary/aromatic N) is 4. The van der Waals surface area contributed by atoms with Gasteiger partial charge in [-0.2, -0.15) is 0 Å². The first-order valence-corrected chi connectivity index (χ1v) is 32.5. The number of rotatable bonds is 43. The third-order valence-corrected chi connectivity index (χ3v) is 16.6. The van der Waals surface area contributed by atoms with Crippen LogP contribution in [0.15, 0.2) is 0 Å². The predicted molar refractivity (Wildman–Crippen MR) is 318 cm³/mol. The van der Waals surface area contributed by atoms with Crippen LogP contribution in [0.3, 0.4) is 0 Å². The Labute approximate surface area is 484 Å². The minimum Gasteiger partial charge on any atom is -0.481 e. The number of carboxylic acids is 4. The summed E-state index contributed by atoms with van der Waals surface area (Å²) in [5.41, 5.74) is 0. The molecule has 0 bridgehead atoms. The van der Waals surface area contributed by atoms with Gasteiger partial charge < -0.3 is 40.0 Å². The zero-order valence-electron chi connectivity index (χ0n) is 51.3. The summed E-state index contributed by atoms with van der Waals surface area (Å²) in [6.07, 6.45) is 43.9. The second-order valence-corrected chi connectivity index (χ2v) is 23.7. The van der Waals surface area contributed by atoms with Gasteiger partial charge in [0.15, 0.2) is 0 Å². The van der Waals surface area contributed by atoms with E-state index in [1.54, 1.807) is 19.6 Å². The van der Waals surface area contributed by atoms with Gasteiger partial charge in [-0.3, -0.25) is 38.4 Å². The maximum Gasteiger partial charge on any atom is 0.308 e. The highest BCUT2D eigenvalue weighted by molar-refractivity contribution is 5.88. The lowest BCUT2D eigenvalue weighted by Crippen LogP contribution is -2.31. The van der Waals surface area contributed by atoms with Crippen LogP contribution >= 0.6 is 0 Å². The number of unbranched alkanes of at least 4 members (excludes halogenated alkanes) is 28. The van der Waals surface area contributed by atoms with Gasteiger partial charge in [0.1, 0.15) is 0 Å². The third kappa shape index (κ3) is 34.9. The fourth-order valence-electron chi connectivity index (χ4n) is 11.2. The van der Waals surface area contributed by atoms with Crippen molar-refractivity contribution in [1.82, 2.24) is 19.6 Å². The van der Waals surface area contributed by atoms with Gasteiger partial charge in [0, 0.05) is 78.0 Å². The van der Waals surface area contributed by atoms with E-state index in [0.29, 0.717) is 32.1 Å². The molecule has 4 saturated heterocycles. The van der Waals surface area contributed by atoms with Crippen LogP contribution in [0.25, 0.3) is 0 Å². The minimum absolute atomic E-state index is 0.00268. The number of amides is 4. The number of carbonyl (C=O) groups excluding carboxylic acids is 4. The summed E-state index contributed by atoms with van der Waals surface area (Å²) in [4.78, 5) is 96.8. The highest BCUT2D eigenvalue weighted by atomic mass is 16.4. The second kappa shape index (κ2) is 47.3. The lowest BCUT2D eigenvalue weighted by Gasteiger charge is -2.22. The van der Waals surface area contributed by atoms with Crippen LogP contribution in [-0.4, -0.2) is 140 Å². The molecule has 0 aliphatic carbocycles.